The van der Waals surface area contributed by atoms with Gasteiger partial charge < -0.3 is 10.6 Å². The number of hydrogen-bond acceptors (Lipinski definition) is 8. The van der Waals surface area contributed by atoms with Crippen LogP contribution in [0, 0.1) is 11.6 Å². The molecule has 6 rings (SSSR count). The van der Waals surface area contributed by atoms with Gasteiger partial charge in [0.15, 0.2) is 11.6 Å². The normalized spacial score (nSPS) is 10.7. The minimum Gasteiger partial charge on any atom is -0.350 e. The van der Waals surface area contributed by atoms with Crippen molar-refractivity contribution in [2.24, 2.45) is 0 Å². The number of aromatic nitrogens is 4. The number of nitrogens with one attached hydrogen (secondary N) is 2. The van der Waals surface area contributed by atoms with E-state index >= 15 is 0 Å². The van der Waals surface area contributed by atoms with Gasteiger partial charge in [-0.15, -0.1) is 0 Å². The van der Waals surface area contributed by atoms with E-state index in [1.807, 2.05) is 43.3 Å². The van der Waals surface area contributed by atoms with Crippen LogP contribution in [0.15, 0.2) is 107 Å². The van der Waals surface area contributed by atoms with Gasteiger partial charge in [-0.1, -0.05) is 83.9 Å². The van der Waals surface area contributed by atoms with Gasteiger partial charge in [0.25, 0.3) is 11.1 Å². The molecule has 4 aromatic carbocycles. The minimum absolute atomic E-state index is 0.0552. The quantitative estimate of drug-likeness (QED) is 0.132. The van der Waals surface area contributed by atoms with E-state index in [0.717, 1.165) is 11.6 Å². The van der Waals surface area contributed by atoms with E-state index in [4.69, 9.17) is 23.2 Å². The largest absolute Gasteiger partial charge is 0.350 e. The molecule has 10 nitrogen and oxygen atoms in total. The summed E-state index contributed by atoms with van der Waals surface area (Å²) < 4.78 is 29.8. The fourth-order valence-electron chi connectivity index (χ4n) is 5.53. The summed E-state index contributed by atoms with van der Waals surface area (Å²) in [6.07, 6.45) is 0. The molecule has 54 heavy (non-hydrogen) atoms. The van der Waals surface area contributed by atoms with Gasteiger partial charge in [0.05, 0.1) is 26.9 Å². The van der Waals surface area contributed by atoms with E-state index in [0.29, 0.717) is 45.3 Å². The number of carbonyl (C=O) groups is 2. The Labute approximate surface area is 319 Å². The van der Waals surface area contributed by atoms with Crippen molar-refractivity contribution in [1.29, 1.82) is 0 Å². The summed E-state index contributed by atoms with van der Waals surface area (Å²) in [5.41, 5.74) is 2.03. The monoisotopic (exact) mass is 770 g/mol. The Morgan fingerprint density at radius 3 is 1.56 bits per heavy atom. The molecule has 2 heterocycles. The van der Waals surface area contributed by atoms with E-state index in [2.05, 4.69) is 20.8 Å². The van der Waals surface area contributed by atoms with Crippen LogP contribution in [0.1, 0.15) is 48.4 Å². The molecule has 276 valence electrons. The Morgan fingerprint density at radius 1 is 0.648 bits per heavy atom. The molecule has 0 fully saturated rings. The van der Waals surface area contributed by atoms with Crippen LogP contribution in [-0.4, -0.2) is 31.1 Å². The third-order valence-electron chi connectivity index (χ3n) is 8.09. The van der Waals surface area contributed by atoms with Crippen molar-refractivity contribution in [2.45, 2.75) is 40.8 Å². The van der Waals surface area contributed by atoms with Gasteiger partial charge >= 0.3 is 0 Å². The van der Waals surface area contributed by atoms with Gasteiger partial charge in [-0.05, 0) is 58.0 Å². The molecule has 0 saturated carbocycles. The molecular weight excluding hydrogens is 737 g/mol. The number of nitrogens with zero attached hydrogens (tertiary/aromatic N) is 4. The van der Waals surface area contributed by atoms with Crippen molar-refractivity contribution in [2.75, 3.05) is 10.6 Å². The van der Waals surface area contributed by atoms with Gasteiger partial charge in [0.1, 0.15) is 34.4 Å². The van der Waals surface area contributed by atoms with Gasteiger partial charge in [-0.25, -0.2) is 18.1 Å². The Balaban J connectivity index is 0.000000208. The van der Waals surface area contributed by atoms with Crippen molar-refractivity contribution in [1.82, 2.24) is 19.6 Å². The number of rotatable bonds is 10. The van der Waals surface area contributed by atoms with Gasteiger partial charge in [0, 0.05) is 36.0 Å². The third kappa shape index (κ3) is 8.62. The number of aryl methyl sites for hydroxylation is 2. The molecular formula is C40H34Cl2F2N6O4. The van der Waals surface area contributed by atoms with E-state index in [-0.39, 0.29) is 46.1 Å². The first-order valence-corrected chi connectivity index (χ1v) is 17.5. The molecule has 6 aromatic rings. The molecule has 0 amide bonds. The molecule has 0 spiro atoms. The molecule has 0 aliphatic rings. The number of hydrogen-bond donors (Lipinski definition) is 2. The standard InChI is InChI=1S/C20H17Cl2N3O2.C20H17F2N3O2/c1-3-25-20(27)19(23-14-9-10-15(21)16(22)11-14)17(12(2)26)18(24-25)13-7-5-4-6-8-13;1-3-25-20(27)19(23-16-10-9-14(21)11-15(16)22)17(12(2)26)18(24-25)13-7-5-4-6-8-13/h2*4-11,23H,3H2,1-2H3. The molecule has 2 aromatic heterocycles. The van der Waals surface area contributed by atoms with Crippen molar-refractivity contribution < 1.29 is 18.4 Å². The summed E-state index contributed by atoms with van der Waals surface area (Å²) in [6, 6.07) is 26.1. The molecule has 0 radical (unpaired) electrons. The lowest BCUT2D eigenvalue weighted by Crippen LogP contribution is -2.28. The average molecular weight is 772 g/mol. The first kappa shape index (κ1) is 39.2. The van der Waals surface area contributed by atoms with E-state index in [1.54, 1.807) is 49.4 Å². The lowest BCUT2D eigenvalue weighted by molar-refractivity contribution is 0.101. The summed E-state index contributed by atoms with van der Waals surface area (Å²) in [5, 5.41) is 15.2. The Morgan fingerprint density at radius 2 is 1.13 bits per heavy atom. The van der Waals surface area contributed by atoms with E-state index in [9.17, 15) is 28.0 Å². The number of anilines is 4. The highest BCUT2D eigenvalue weighted by atomic mass is 35.5. The fraction of sp³-hybridized carbons (Fsp3) is 0.150. The zero-order chi connectivity index (χ0) is 39.1. The predicted octanol–water partition coefficient (Wildman–Crippen LogP) is 9.34. The molecule has 0 aliphatic heterocycles. The summed E-state index contributed by atoms with van der Waals surface area (Å²) in [6.45, 7) is 6.91. The number of halogens is 4. The molecule has 2 N–H and O–H groups in total. The molecule has 0 saturated heterocycles. The zero-order valence-corrected chi connectivity index (χ0v) is 31.1. The molecule has 0 atom stereocenters. The smallest absolute Gasteiger partial charge is 0.291 e. The molecule has 0 unspecified atom stereocenters. The third-order valence-corrected chi connectivity index (χ3v) is 8.83. The summed E-state index contributed by atoms with van der Waals surface area (Å²) in [7, 11) is 0. The van der Waals surface area contributed by atoms with Gasteiger partial charge in [-0.3, -0.25) is 19.2 Å². The lowest BCUT2D eigenvalue weighted by atomic mass is 10.0. The zero-order valence-electron chi connectivity index (χ0n) is 29.6. The van der Waals surface area contributed by atoms with Gasteiger partial charge in [-0.2, -0.15) is 10.2 Å². The molecule has 0 aliphatic carbocycles. The van der Waals surface area contributed by atoms with Gasteiger partial charge in [0.2, 0.25) is 0 Å². The first-order chi connectivity index (χ1) is 25.8. The van der Waals surface area contributed by atoms with Crippen molar-refractivity contribution in [3.63, 3.8) is 0 Å². The topological polar surface area (TPSA) is 128 Å². The van der Waals surface area contributed by atoms with Crippen LogP contribution in [0.2, 0.25) is 10.0 Å². The van der Waals surface area contributed by atoms with Crippen molar-refractivity contribution >= 4 is 57.5 Å². The average Bonchev–Trinajstić information content (AvgIpc) is 3.16. The van der Waals surface area contributed by atoms with Crippen LogP contribution >= 0.6 is 23.2 Å². The Kier molecular flexibility index (Phi) is 12.5. The molecule has 14 heteroatoms. The summed E-state index contributed by atoms with van der Waals surface area (Å²) >= 11 is 12.0. The number of benzene rings is 4. The van der Waals surface area contributed by atoms with Crippen molar-refractivity contribution in [3.8, 4) is 22.5 Å². The van der Waals surface area contributed by atoms with E-state index in [1.165, 1.54) is 29.3 Å². The second kappa shape index (κ2) is 17.2. The SMILES string of the molecule is CCn1nc(-c2ccccc2)c(C(C)=O)c(Nc2ccc(Cl)c(Cl)c2)c1=O.CCn1nc(-c2ccccc2)c(C(C)=O)c(Nc2ccc(F)cc2F)c1=O. The highest BCUT2D eigenvalue weighted by Gasteiger charge is 2.24. The summed E-state index contributed by atoms with van der Waals surface area (Å²) in [4.78, 5) is 50.5. The van der Waals surface area contributed by atoms with Crippen LogP contribution in [0.3, 0.4) is 0 Å². The number of carbonyl (C=O) groups excluding carboxylic acids is 2. The van der Waals surface area contributed by atoms with Crippen LogP contribution in [0.4, 0.5) is 31.5 Å². The fourth-order valence-corrected chi connectivity index (χ4v) is 5.83. The number of Topliss-reactive ketones (excluding diaryl/α,β-unsaturated/α-hetero) is 2. The van der Waals surface area contributed by atoms with Crippen molar-refractivity contribution in [3.05, 3.63) is 151 Å². The van der Waals surface area contributed by atoms with Crippen LogP contribution in [-0.2, 0) is 13.1 Å². The van der Waals surface area contributed by atoms with Crippen LogP contribution in [0.5, 0.6) is 0 Å². The second-order valence-electron chi connectivity index (χ2n) is 11.8. The van der Waals surface area contributed by atoms with Crippen LogP contribution < -0.4 is 21.8 Å². The highest BCUT2D eigenvalue weighted by Crippen LogP contribution is 2.31. The second-order valence-corrected chi connectivity index (χ2v) is 12.6. The maximum absolute atomic E-state index is 14.1. The Hall–Kier alpha value is -5.98. The predicted molar refractivity (Wildman–Crippen MR) is 209 cm³/mol. The maximum atomic E-state index is 14.1. The molecule has 0 bridgehead atoms. The number of ketones is 2. The lowest BCUT2D eigenvalue weighted by Gasteiger charge is -2.16. The first-order valence-electron chi connectivity index (χ1n) is 16.7. The van der Waals surface area contributed by atoms with E-state index < -0.39 is 23.0 Å². The van der Waals surface area contributed by atoms with Crippen LogP contribution in [0.25, 0.3) is 22.5 Å². The Bertz CT molecular complexity index is 2470. The highest BCUT2D eigenvalue weighted by molar-refractivity contribution is 6.42. The minimum atomic E-state index is -0.870. The summed E-state index contributed by atoms with van der Waals surface area (Å²) in [5.74, 6) is -2.27. The maximum Gasteiger partial charge on any atom is 0.291 e.